The van der Waals surface area contributed by atoms with Gasteiger partial charge >= 0.3 is 17.8 Å². The van der Waals surface area contributed by atoms with Gasteiger partial charge in [-0.2, -0.15) is 5.21 Å². The predicted octanol–water partition coefficient (Wildman–Crippen LogP) is 2.31. The van der Waals surface area contributed by atoms with Crippen molar-refractivity contribution in [3.8, 4) is 0 Å². The average molecular weight is 349 g/mol. The van der Waals surface area contributed by atoms with Crippen molar-refractivity contribution in [2.45, 2.75) is 12.8 Å². The van der Waals surface area contributed by atoms with Gasteiger partial charge in [-0.3, -0.25) is 0 Å². The van der Waals surface area contributed by atoms with E-state index in [0.29, 0.717) is 0 Å². The maximum Gasteiger partial charge on any atom is 0.409 e. The van der Waals surface area contributed by atoms with Gasteiger partial charge in [0.2, 0.25) is 0 Å². The second kappa shape index (κ2) is 5.88. The Morgan fingerprint density at radius 2 is 1.54 bits per heavy atom. The van der Waals surface area contributed by atoms with Gasteiger partial charge in [0, 0.05) is 4.91 Å². The fraction of sp³-hybridized carbons (Fsp3) is 0.182. The Hall–Kier alpha value is -3.02. The lowest BCUT2D eigenvalue weighted by atomic mass is 10.1. The zero-order valence-corrected chi connectivity index (χ0v) is 11.3. The molecule has 1 aliphatic rings. The van der Waals surface area contributed by atoms with Gasteiger partial charge in [-0.05, 0) is 5.53 Å². The van der Waals surface area contributed by atoms with Crippen LogP contribution in [0.25, 0.3) is 10.4 Å². The Kier molecular flexibility index (Phi) is 4.25. The lowest BCUT2D eigenvalue weighted by molar-refractivity contribution is -1.12. The van der Waals surface area contributed by atoms with Gasteiger partial charge in [-0.1, -0.05) is 5.11 Å². The maximum absolute atomic E-state index is 13.7. The molecule has 0 spiro atoms. The van der Waals surface area contributed by atoms with Crippen LogP contribution in [0, 0.1) is 23.3 Å². The zero-order valence-electron chi connectivity index (χ0n) is 11.3. The third kappa shape index (κ3) is 2.46. The highest BCUT2D eigenvalue weighted by Gasteiger charge is 2.56. The summed E-state index contributed by atoms with van der Waals surface area (Å²) in [6.45, 7) is 0. The van der Waals surface area contributed by atoms with Crippen LogP contribution in [0.1, 0.15) is 23.2 Å². The minimum atomic E-state index is -2.54. The summed E-state index contributed by atoms with van der Waals surface area (Å²) in [5.41, 5.74) is 4.46. The first-order chi connectivity index (χ1) is 11.1. The second-order valence-corrected chi connectivity index (χ2v) is 4.41. The van der Waals surface area contributed by atoms with Crippen LogP contribution in [0.5, 0.6) is 0 Å². The van der Waals surface area contributed by atoms with Crippen LogP contribution in [0.2, 0.25) is 0 Å². The number of amides is 2. The first-order valence-electron chi connectivity index (χ1n) is 5.98. The van der Waals surface area contributed by atoms with E-state index in [0.717, 1.165) is 0 Å². The monoisotopic (exact) mass is 349 g/mol. The molecule has 126 valence electrons. The van der Waals surface area contributed by atoms with Crippen LogP contribution in [0.3, 0.4) is 0 Å². The summed E-state index contributed by atoms with van der Waals surface area (Å²) in [4.78, 5) is 37.8. The molecule has 1 aromatic rings. The first kappa shape index (κ1) is 17.3. The molecule has 9 nitrogen and oxygen atoms in total. The topological polar surface area (TPSA) is 129 Å². The number of carbonyl (C=O) groups excluding carboxylic acids is 3. The van der Waals surface area contributed by atoms with Gasteiger partial charge < -0.3 is 0 Å². The van der Waals surface area contributed by atoms with Crippen molar-refractivity contribution in [1.29, 1.82) is 0 Å². The number of rotatable bonds is 3. The van der Waals surface area contributed by atoms with E-state index in [2.05, 4.69) is 9.95 Å². The van der Waals surface area contributed by atoms with Crippen molar-refractivity contribution in [2.24, 2.45) is 5.11 Å². The number of hydrogen-bond donors (Lipinski definition) is 1. The Bertz CT molecular complexity index is 791. The third-order valence-electron chi connectivity index (χ3n) is 3.03. The molecular weight excluding hydrogens is 344 g/mol. The number of azide groups is 1. The van der Waals surface area contributed by atoms with E-state index in [1.807, 2.05) is 4.91 Å². The summed E-state index contributed by atoms with van der Waals surface area (Å²) >= 11 is 0. The van der Waals surface area contributed by atoms with Crippen LogP contribution >= 0.6 is 0 Å². The van der Waals surface area contributed by atoms with E-state index in [9.17, 15) is 37.2 Å². The van der Waals surface area contributed by atoms with Crippen LogP contribution in [-0.2, 0) is 14.4 Å². The standard InChI is InChI=1S/C11H5F4N4O5/c12-6-5(7(13)9(15)10(8(6)14)17-18-16)11(22)24-19(23)3(20)1-2-4(19)21/h23H,1-2H2/q+1. The maximum atomic E-state index is 13.7. The summed E-state index contributed by atoms with van der Waals surface area (Å²) in [7, 11) is 0. The molecule has 0 aromatic heterocycles. The molecule has 24 heavy (non-hydrogen) atoms. The van der Waals surface area contributed by atoms with Crippen LogP contribution < -0.4 is 0 Å². The molecule has 0 radical (unpaired) electrons. The van der Waals surface area contributed by atoms with E-state index in [1.54, 1.807) is 0 Å². The Morgan fingerprint density at radius 3 is 1.96 bits per heavy atom. The summed E-state index contributed by atoms with van der Waals surface area (Å²) < 4.78 is 54.6. The van der Waals surface area contributed by atoms with E-state index in [4.69, 9.17) is 5.53 Å². The molecule has 1 saturated heterocycles. The second-order valence-electron chi connectivity index (χ2n) is 4.41. The van der Waals surface area contributed by atoms with Crippen LogP contribution in [0.15, 0.2) is 5.11 Å². The number of carbonyl (C=O) groups is 3. The van der Waals surface area contributed by atoms with E-state index >= 15 is 0 Å². The van der Waals surface area contributed by atoms with Gasteiger partial charge in [0.25, 0.3) is 0 Å². The smallest absolute Gasteiger partial charge is 0.239 e. The molecule has 1 aromatic carbocycles. The Labute approximate surface area is 128 Å². The van der Waals surface area contributed by atoms with Crippen LogP contribution in [-0.4, -0.2) is 27.8 Å². The molecule has 0 saturated carbocycles. The molecule has 2 rings (SSSR count). The molecule has 0 unspecified atom stereocenters. The highest BCUT2D eigenvalue weighted by Crippen LogP contribution is 2.32. The number of nitrogens with zero attached hydrogens (tertiary/aromatic N) is 4. The molecule has 1 fully saturated rings. The number of halogens is 4. The molecule has 1 aliphatic heterocycles. The van der Waals surface area contributed by atoms with Crippen LogP contribution in [0.4, 0.5) is 23.2 Å². The number of hydroxylamine groups is 4. The fourth-order valence-electron chi connectivity index (χ4n) is 1.86. The van der Waals surface area contributed by atoms with E-state index in [1.165, 1.54) is 0 Å². The minimum absolute atomic E-state index is 0.522. The Morgan fingerprint density at radius 1 is 1.08 bits per heavy atom. The summed E-state index contributed by atoms with van der Waals surface area (Å²) in [5.74, 6) is -13.9. The summed E-state index contributed by atoms with van der Waals surface area (Å²) in [6, 6.07) is 0. The van der Waals surface area contributed by atoms with Crippen molar-refractivity contribution in [1.82, 2.24) is 0 Å². The van der Waals surface area contributed by atoms with Crippen molar-refractivity contribution in [3.05, 3.63) is 39.3 Å². The lowest BCUT2D eigenvalue weighted by Gasteiger charge is -2.16. The molecule has 0 aliphatic carbocycles. The summed E-state index contributed by atoms with van der Waals surface area (Å²) in [5, 5.41) is 12.0. The highest BCUT2D eigenvalue weighted by molar-refractivity contribution is 5.94. The number of hydrogen-bond acceptors (Lipinski definition) is 6. The number of imide groups is 1. The molecule has 1 N–H and O–H groups in total. The Balaban J connectivity index is 2.53. The quantitative estimate of drug-likeness (QED) is 0.131. The zero-order chi connectivity index (χ0) is 18.2. The fourth-order valence-corrected chi connectivity index (χ4v) is 1.86. The average Bonchev–Trinajstić information content (AvgIpc) is 2.77. The van der Waals surface area contributed by atoms with E-state index in [-0.39, 0.29) is 0 Å². The van der Waals surface area contributed by atoms with Crippen molar-refractivity contribution >= 4 is 23.5 Å². The van der Waals surface area contributed by atoms with Crippen molar-refractivity contribution in [3.63, 3.8) is 0 Å². The minimum Gasteiger partial charge on any atom is -0.239 e. The SMILES string of the molecule is [N-]=[N+]=Nc1c(F)c(F)c(C(=O)O[N+]2(O)C(=O)CCC2=O)c(F)c1F. The van der Waals surface area contributed by atoms with E-state index < -0.39 is 70.0 Å². The molecule has 0 atom stereocenters. The van der Waals surface area contributed by atoms with Gasteiger partial charge in [0.15, 0.2) is 23.3 Å². The van der Waals surface area contributed by atoms with Gasteiger partial charge in [-0.15, -0.1) is 0 Å². The molecule has 1 heterocycles. The molecule has 13 heteroatoms. The van der Waals surface area contributed by atoms with Gasteiger partial charge in [-0.25, -0.2) is 36.8 Å². The van der Waals surface area contributed by atoms with Gasteiger partial charge in [0.05, 0.1) is 12.8 Å². The normalized spacial score (nSPS) is 16.0. The van der Waals surface area contributed by atoms with Crippen molar-refractivity contribution in [2.75, 3.05) is 0 Å². The summed E-state index contributed by atoms with van der Waals surface area (Å²) in [6.07, 6.45) is -1.04. The predicted molar refractivity (Wildman–Crippen MR) is 61.8 cm³/mol. The number of benzene rings is 1. The largest absolute Gasteiger partial charge is 0.409 e. The molecule has 2 amide bonds. The van der Waals surface area contributed by atoms with Gasteiger partial charge in [0.1, 0.15) is 16.1 Å². The molecular formula is C11H5F4N4O5+. The molecule has 0 bridgehead atoms. The van der Waals surface area contributed by atoms with Crippen molar-refractivity contribution < 1.29 is 46.8 Å². The third-order valence-corrected chi connectivity index (χ3v) is 3.03. The number of quaternary nitrogens is 1. The lowest BCUT2D eigenvalue weighted by Crippen LogP contribution is -2.50. The highest BCUT2D eigenvalue weighted by atomic mass is 19.2. The first-order valence-corrected chi connectivity index (χ1v) is 5.98.